The van der Waals surface area contributed by atoms with Gasteiger partial charge in [-0.15, -0.1) is 0 Å². The molecule has 0 unspecified atom stereocenters. The SMILES string of the molecule is CC(C)[Si](Oc1ccc(-c2ccc[se]2)cc1)(C(C)C)C(C)C. The molecule has 0 aliphatic heterocycles. The van der Waals surface area contributed by atoms with E-state index in [-0.39, 0.29) is 0 Å². The fourth-order valence-electron chi connectivity index (χ4n) is 3.69. The Labute approximate surface area is 142 Å². The maximum atomic E-state index is 6.71. The zero-order chi connectivity index (χ0) is 16.3. The van der Waals surface area contributed by atoms with E-state index in [2.05, 4.69) is 82.9 Å². The average Bonchev–Trinajstić information content (AvgIpc) is 2.98. The van der Waals surface area contributed by atoms with Crippen molar-refractivity contribution in [2.45, 2.75) is 58.2 Å². The molecular formula is C19H28OSeSi. The first kappa shape index (κ1) is 17.6. The maximum absolute atomic E-state index is 6.71. The van der Waals surface area contributed by atoms with E-state index in [0.717, 1.165) is 5.75 Å². The van der Waals surface area contributed by atoms with E-state index in [4.69, 9.17) is 4.43 Å². The van der Waals surface area contributed by atoms with Gasteiger partial charge in [0, 0.05) is 0 Å². The molecular weight excluding hydrogens is 351 g/mol. The van der Waals surface area contributed by atoms with Crippen LogP contribution in [0.3, 0.4) is 0 Å². The topological polar surface area (TPSA) is 9.23 Å². The first-order chi connectivity index (χ1) is 10.4. The quantitative estimate of drug-likeness (QED) is 0.562. The second-order valence-corrected chi connectivity index (χ2v) is 14.3. The summed E-state index contributed by atoms with van der Waals surface area (Å²) < 4.78 is 8.17. The molecule has 2 rings (SSSR count). The van der Waals surface area contributed by atoms with Gasteiger partial charge in [-0.05, 0) is 0 Å². The summed E-state index contributed by atoms with van der Waals surface area (Å²) in [7, 11) is -1.84. The normalized spacial score (nSPS) is 12.4. The molecule has 0 spiro atoms. The molecule has 0 bridgehead atoms. The second-order valence-electron chi connectivity index (χ2n) is 6.92. The van der Waals surface area contributed by atoms with E-state index >= 15 is 0 Å². The number of benzene rings is 1. The Balaban J connectivity index is 2.27. The molecule has 0 atom stereocenters. The first-order valence-corrected chi connectivity index (χ1v) is 12.2. The van der Waals surface area contributed by atoms with Crippen molar-refractivity contribution in [3.05, 3.63) is 41.3 Å². The Kier molecular flexibility index (Phi) is 5.76. The standard InChI is InChI=1S/C19H28OSeSi/c1-14(2)22(15(3)4,16(5)6)20-18-11-9-17(10-12-18)19-8-7-13-21-19/h7-16H,1-6H3. The van der Waals surface area contributed by atoms with E-state index in [1.165, 1.54) is 10.0 Å². The van der Waals surface area contributed by atoms with Crippen LogP contribution in [0.1, 0.15) is 41.5 Å². The van der Waals surface area contributed by atoms with Crippen LogP contribution in [0.2, 0.25) is 16.6 Å². The number of hydrogen-bond acceptors (Lipinski definition) is 1. The van der Waals surface area contributed by atoms with Crippen LogP contribution >= 0.6 is 0 Å². The summed E-state index contributed by atoms with van der Waals surface area (Å²) in [6, 6.07) is 13.2. The Hall–Kier alpha value is -0.764. The molecule has 2 aromatic rings. The summed E-state index contributed by atoms with van der Waals surface area (Å²) in [4.78, 5) is 2.26. The molecule has 0 fully saturated rings. The molecule has 0 radical (unpaired) electrons. The van der Waals surface area contributed by atoms with Crippen molar-refractivity contribution in [3.8, 4) is 15.8 Å². The molecule has 0 aliphatic carbocycles. The van der Waals surface area contributed by atoms with Crippen molar-refractivity contribution in [2.24, 2.45) is 0 Å². The molecule has 1 aromatic heterocycles. The Bertz CT molecular complexity index is 548. The fourth-order valence-corrected chi connectivity index (χ4v) is 10.5. The van der Waals surface area contributed by atoms with Crippen LogP contribution in [0.5, 0.6) is 5.75 Å². The number of hydrogen-bond donors (Lipinski definition) is 0. The fraction of sp³-hybridized carbons (Fsp3) is 0.474. The second kappa shape index (κ2) is 7.21. The molecule has 3 heteroatoms. The van der Waals surface area contributed by atoms with Crippen molar-refractivity contribution in [3.63, 3.8) is 0 Å². The van der Waals surface area contributed by atoms with Crippen LogP contribution in [0.4, 0.5) is 0 Å². The molecule has 0 amide bonds. The summed E-state index contributed by atoms with van der Waals surface area (Å²) in [5.41, 5.74) is 3.16. The van der Waals surface area contributed by atoms with Gasteiger partial charge in [-0.3, -0.25) is 0 Å². The third kappa shape index (κ3) is 3.42. The summed E-state index contributed by atoms with van der Waals surface area (Å²) in [6.07, 6.45) is 0. The van der Waals surface area contributed by atoms with E-state index in [0.29, 0.717) is 31.1 Å². The zero-order valence-corrected chi connectivity index (χ0v) is 17.3. The third-order valence-corrected chi connectivity index (χ3v) is 12.6. The van der Waals surface area contributed by atoms with Gasteiger partial charge in [-0.25, -0.2) is 0 Å². The first-order valence-electron chi connectivity index (χ1n) is 8.20. The van der Waals surface area contributed by atoms with Gasteiger partial charge >= 0.3 is 143 Å². The molecule has 1 nitrogen and oxygen atoms in total. The third-order valence-electron chi connectivity index (χ3n) is 4.66. The van der Waals surface area contributed by atoms with Crippen molar-refractivity contribution in [1.29, 1.82) is 0 Å². The molecule has 0 aliphatic rings. The van der Waals surface area contributed by atoms with E-state index in [1.807, 2.05) is 0 Å². The van der Waals surface area contributed by atoms with Crippen molar-refractivity contribution in [2.75, 3.05) is 0 Å². The van der Waals surface area contributed by atoms with E-state index in [1.54, 1.807) is 0 Å². The van der Waals surface area contributed by atoms with Gasteiger partial charge in [-0.1, -0.05) is 0 Å². The predicted molar refractivity (Wildman–Crippen MR) is 100 cm³/mol. The van der Waals surface area contributed by atoms with Crippen LogP contribution in [0.15, 0.2) is 41.3 Å². The van der Waals surface area contributed by atoms with Gasteiger partial charge in [0.25, 0.3) is 0 Å². The van der Waals surface area contributed by atoms with Gasteiger partial charge in [0.1, 0.15) is 0 Å². The van der Waals surface area contributed by atoms with Gasteiger partial charge in [0.15, 0.2) is 0 Å². The molecule has 120 valence electrons. The monoisotopic (exact) mass is 380 g/mol. The summed E-state index contributed by atoms with van der Waals surface area (Å²) in [6.45, 7) is 14.0. The van der Waals surface area contributed by atoms with Crippen LogP contribution in [0.25, 0.3) is 10.0 Å². The summed E-state index contributed by atoms with van der Waals surface area (Å²) in [5, 5.41) is 0. The van der Waals surface area contributed by atoms with Gasteiger partial charge in [0.05, 0.1) is 0 Å². The van der Waals surface area contributed by atoms with Crippen LogP contribution < -0.4 is 4.43 Å². The van der Waals surface area contributed by atoms with Crippen molar-refractivity contribution < 1.29 is 4.43 Å². The zero-order valence-electron chi connectivity index (χ0n) is 14.6. The summed E-state index contributed by atoms with van der Waals surface area (Å²) in [5.74, 6) is 1.05. The minimum absolute atomic E-state index is 0.495. The van der Waals surface area contributed by atoms with Crippen LogP contribution in [0, 0.1) is 0 Å². The van der Waals surface area contributed by atoms with Crippen molar-refractivity contribution >= 4 is 22.8 Å². The van der Waals surface area contributed by atoms with Crippen LogP contribution in [-0.4, -0.2) is 22.8 Å². The summed E-state index contributed by atoms with van der Waals surface area (Å²) >= 11 is 0.495. The van der Waals surface area contributed by atoms with Crippen molar-refractivity contribution in [1.82, 2.24) is 0 Å². The van der Waals surface area contributed by atoms with E-state index in [9.17, 15) is 0 Å². The Morgan fingerprint density at radius 2 is 1.36 bits per heavy atom. The molecule has 1 heterocycles. The average molecular weight is 379 g/mol. The van der Waals surface area contributed by atoms with Gasteiger partial charge < -0.3 is 0 Å². The Morgan fingerprint density at radius 1 is 0.818 bits per heavy atom. The van der Waals surface area contributed by atoms with Gasteiger partial charge in [-0.2, -0.15) is 0 Å². The predicted octanol–water partition coefficient (Wildman–Crippen LogP) is 5.96. The Morgan fingerprint density at radius 3 is 1.77 bits per heavy atom. The number of rotatable bonds is 6. The molecule has 22 heavy (non-hydrogen) atoms. The van der Waals surface area contributed by atoms with Crippen LogP contribution in [-0.2, 0) is 0 Å². The molecule has 0 N–H and O–H groups in total. The molecule has 0 saturated heterocycles. The molecule has 0 saturated carbocycles. The minimum atomic E-state index is -1.84. The van der Waals surface area contributed by atoms with E-state index < -0.39 is 8.32 Å². The molecule has 1 aromatic carbocycles. The van der Waals surface area contributed by atoms with Gasteiger partial charge in [0.2, 0.25) is 0 Å².